The minimum Gasteiger partial charge on any atom is -0.857 e. The Hall–Kier alpha value is -0.562. The predicted octanol–water partition coefficient (Wildman–Crippen LogP) is -7.92. The summed E-state index contributed by atoms with van der Waals surface area (Å²) in [5.41, 5.74) is -2.78. The third-order valence-corrected chi connectivity index (χ3v) is 4.10. The minimum atomic E-state index is -1.75. The molecule has 0 aromatic heterocycles. The molecule has 0 saturated heterocycles. The van der Waals surface area contributed by atoms with Gasteiger partial charge in [0.15, 0.2) is 0 Å². The second-order valence-electron chi connectivity index (χ2n) is 13.9. The number of hydrogen-bond acceptors (Lipinski definition) is 24. The largest absolute Gasteiger partial charge is 3.00 e. The molecule has 0 aromatic carbocycles. The van der Waals surface area contributed by atoms with Gasteiger partial charge in [-0.15, -0.1) is 26.4 Å². The Labute approximate surface area is 457 Å². The van der Waals surface area contributed by atoms with Gasteiger partial charge < -0.3 is 120 Å². The van der Waals surface area contributed by atoms with E-state index in [0.29, 0.717) is 26.4 Å². The molecular weight excluding hydrogens is 1260 g/mol. The van der Waals surface area contributed by atoms with Gasteiger partial charge in [0.2, 0.25) is 0 Å². The van der Waals surface area contributed by atoms with E-state index >= 15 is 0 Å². The van der Waals surface area contributed by atoms with Gasteiger partial charge in [0.25, 0.3) is 0 Å². The van der Waals surface area contributed by atoms with E-state index in [4.69, 9.17) is 59.8 Å². The molecule has 0 aliphatic rings. The van der Waals surface area contributed by atoms with Crippen LogP contribution in [0.2, 0.25) is 0 Å². The molecule has 0 saturated carbocycles. The first-order valence-corrected chi connectivity index (χ1v) is 17.0. The Morgan fingerprint density at radius 1 is 0.359 bits per heavy atom. The molecule has 0 aliphatic heterocycles. The normalized spacial score (nSPS) is 9.06. The number of rotatable bonds is 14. The van der Waals surface area contributed by atoms with Crippen LogP contribution in [0, 0.1) is 128 Å². The van der Waals surface area contributed by atoms with Crippen molar-refractivity contribution in [3.05, 3.63) is 30.6 Å². The van der Waals surface area contributed by atoms with Crippen LogP contribution in [0.25, 0.3) is 0 Å². The molecular formula is C34H66Fe2Ho2N2O24. The van der Waals surface area contributed by atoms with E-state index < -0.39 is 55.7 Å². The fraction of sp³-hybridized carbons (Fsp3) is 0.882. The SMILES string of the molecule is CC(C)(C)C(=O)[O-].CC(C)(C)C(=O)[O-].CC(C)(C)C(=O)[O-].CC(C)(C)C(=O)[O-].C[O-].C[O-].O=[N+]([O-])[O-].O=[N+]([O-])[O-].[Fe+3].[Fe+3].[Ho+3].[Ho+3].[O-]CCOCCOCC[O-].[O-]CCOCCOCC[O-]. The Morgan fingerprint density at radius 2 is 0.438 bits per heavy atom. The molecule has 394 valence electrons. The summed E-state index contributed by atoms with van der Waals surface area (Å²) in [4.78, 5) is 56.1. The van der Waals surface area contributed by atoms with Crippen LogP contribution in [-0.4, -0.2) is 128 Å². The van der Waals surface area contributed by atoms with Gasteiger partial charge in [0.1, 0.15) is 0 Å². The van der Waals surface area contributed by atoms with Crippen LogP contribution in [0.1, 0.15) is 83.1 Å². The van der Waals surface area contributed by atoms with E-state index in [-0.39, 0.29) is 162 Å². The molecule has 0 atom stereocenters. The molecule has 0 spiro atoms. The smallest absolute Gasteiger partial charge is 0.857 e. The fourth-order valence-electron chi connectivity index (χ4n) is 0.880. The van der Waals surface area contributed by atoms with E-state index in [9.17, 15) is 60.0 Å². The third kappa shape index (κ3) is 160. The molecule has 0 aromatic rings. The Balaban J connectivity index is -0.0000000369. The molecule has 0 aliphatic carbocycles. The van der Waals surface area contributed by atoms with E-state index in [2.05, 4.69) is 0 Å². The Morgan fingerprint density at radius 3 is 0.484 bits per heavy atom. The maximum atomic E-state index is 9.91. The summed E-state index contributed by atoms with van der Waals surface area (Å²) in [7, 11) is 1.50. The zero-order chi connectivity index (χ0) is 50.8. The summed E-state index contributed by atoms with van der Waals surface area (Å²) >= 11 is 0. The van der Waals surface area contributed by atoms with Crippen LogP contribution < -0.4 is 51.1 Å². The van der Waals surface area contributed by atoms with Crippen molar-refractivity contribution in [1.82, 2.24) is 0 Å². The minimum absolute atomic E-state index is 0. The van der Waals surface area contributed by atoms with Gasteiger partial charge in [-0.25, -0.2) is 0 Å². The van der Waals surface area contributed by atoms with Crippen molar-refractivity contribution in [2.24, 2.45) is 21.7 Å². The van der Waals surface area contributed by atoms with Crippen LogP contribution in [0.3, 0.4) is 0 Å². The molecule has 26 nitrogen and oxygen atoms in total. The van der Waals surface area contributed by atoms with Gasteiger partial charge in [0.05, 0.1) is 36.6 Å². The first kappa shape index (κ1) is 101. The van der Waals surface area contributed by atoms with Gasteiger partial charge in [-0.1, -0.05) is 83.1 Å². The predicted molar refractivity (Wildman–Crippen MR) is 193 cm³/mol. The average Bonchev–Trinajstić information content (AvgIpc) is 3.09. The Kier molecular flexibility index (Phi) is 113. The molecule has 0 fully saturated rings. The van der Waals surface area contributed by atoms with Gasteiger partial charge in [-0.05, 0) is 0 Å². The standard InChI is InChI=1S/2C6H12O4.4C5H10O2.2CH3O.2Fe.2Ho.2NO3/c2*7-1-3-9-5-6-10-4-2-8;4*1-5(2,3)4(6)7;2*1-2;;;;;2*2-1(3)4/h2*1-6H2;4*1-3H3,(H,6,7);2*1H3;;;;;;/q2*-2;;;;;2*-1;4*+3;2*-1/p-4. The van der Waals surface area contributed by atoms with Gasteiger partial charge in [-0.2, -0.15) is 14.2 Å². The van der Waals surface area contributed by atoms with Crippen molar-refractivity contribution in [3.63, 3.8) is 0 Å². The first-order chi connectivity index (χ1) is 27.1. The summed E-state index contributed by atoms with van der Waals surface area (Å²) < 4.78 is 19.2. The molecule has 0 unspecified atom stereocenters. The zero-order valence-corrected chi connectivity index (χ0v) is 44.6. The molecule has 0 bridgehead atoms. The molecule has 0 rings (SSSR count). The van der Waals surface area contributed by atoms with E-state index in [1.807, 2.05) is 0 Å². The molecule has 2 radical (unpaired) electrons. The second-order valence-corrected chi connectivity index (χ2v) is 13.9. The van der Waals surface area contributed by atoms with Crippen molar-refractivity contribution >= 4 is 23.9 Å². The summed E-state index contributed by atoms with van der Waals surface area (Å²) in [5, 5.41) is 125. The van der Waals surface area contributed by atoms with Crippen LogP contribution in [-0.2, 0) is 72.3 Å². The van der Waals surface area contributed by atoms with Crippen LogP contribution in [0.4, 0.5) is 0 Å². The molecule has 0 amide bonds. The van der Waals surface area contributed by atoms with Crippen molar-refractivity contribution in [3.8, 4) is 0 Å². The average molecular weight is 1330 g/mol. The van der Waals surface area contributed by atoms with E-state index in [1.165, 1.54) is 0 Å². The second kappa shape index (κ2) is 71.4. The number of carbonyl (C=O) groups excluding carboxylic acids is 4. The van der Waals surface area contributed by atoms with Crippen LogP contribution in [0.15, 0.2) is 0 Å². The number of carbonyl (C=O) groups is 4. The van der Waals surface area contributed by atoms with Crippen LogP contribution >= 0.6 is 0 Å². The third-order valence-electron chi connectivity index (χ3n) is 4.10. The summed E-state index contributed by atoms with van der Waals surface area (Å²) in [6.07, 6.45) is 0. The number of ether oxygens (including phenoxy) is 4. The van der Waals surface area contributed by atoms with Crippen molar-refractivity contribution in [1.29, 1.82) is 0 Å². The fourth-order valence-corrected chi connectivity index (χ4v) is 0.880. The molecule has 0 N–H and O–H groups in total. The summed E-state index contributed by atoms with van der Waals surface area (Å²) in [6, 6.07) is 0. The number of hydrogen-bond donors (Lipinski definition) is 0. The summed E-state index contributed by atoms with van der Waals surface area (Å²) in [5.74, 6) is -4.03. The Bertz CT molecular complexity index is 835. The topological polar surface area (TPSA) is 468 Å². The summed E-state index contributed by atoms with van der Waals surface area (Å²) in [6.45, 7) is 20.8. The number of aliphatic carboxylic acids is 4. The van der Waals surface area contributed by atoms with Crippen molar-refractivity contribution in [2.45, 2.75) is 83.1 Å². The van der Waals surface area contributed by atoms with E-state index in [1.54, 1.807) is 83.1 Å². The van der Waals surface area contributed by atoms with Gasteiger partial charge in [-0.3, -0.25) is 0 Å². The zero-order valence-electron chi connectivity index (χ0n) is 38.5. The monoisotopic (exact) mass is 1330 g/mol. The number of carboxylic acid groups (broad SMARTS) is 4. The number of carboxylic acids is 4. The molecule has 30 heteroatoms. The molecule has 64 heavy (non-hydrogen) atoms. The molecule has 0 heterocycles. The maximum absolute atomic E-state index is 9.91. The van der Waals surface area contributed by atoms with Crippen molar-refractivity contribution < 1.29 is 209 Å². The van der Waals surface area contributed by atoms with E-state index in [0.717, 1.165) is 14.2 Å². The van der Waals surface area contributed by atoms with Gasteiger partial charge >= 0.3 is 110 Å². The van der Waals surface area contributed by atoms with Crippen molar-refractivity contribution in [2.75, 3.05) is 93.5 Å². The first-order valence-electron chi connectivity index (χ1n) is 17.0. The quantitative estimate of drug-likeness (QED) is 0.0674. The maximum Gasteiger partial charge on any atom is 3.00 e. The number of nitrogens with zero attached hydrogens (tertiary/aromatic N) is 2. The van der Waals surface area contributed by atoms with Gasteiger partial charge in [0, 0.05) is 72.0 Å². The van der Waals surface area contributed by atoms with Crippen LogP contribution in [0.5, 0.6) is 0 Å².